The van der Waals surface area contributed by atoms with Crippen molar-refractivity contribution < 1.29 is 19.0 Å². The third-order valence-corrected chi connectivity index (χ3v) is 4.39. The Morgan fingerprint density at radius 2 is 2.19 bits per heavy atom. The van der Waals surface area contributed by atoms with E-state index >= 15 is 0 Å². The Labute approximate surface area is 153 Å². The van der Waals surface area contributed by atoms with Crippen molar-refractivity contribution >= 4 is 5.91 Å². The lowest BCUT2D eigenvalue weighted by Gasteiger charge is -2.25. The first-order chi connectivity index (χ1) is 12.7. The zero-order valence-corrected chi connectivity index (χ0v) is 15.2. The van der Waals surface area contributed by atoms with Crippen LogP contribution in [0.15, 0.2) is 30.6 Å². The first-order valence-corrected chi connectivity index (χ1v) is 8.88. The van der Waals surface area contributed by atoms with Gasteiger partial charge in [0.1, 0.15) is 11.9 Å². The first-order valence-electron chi connectivity index (χ1n) is 8.88. The Morgan fingerprint density at radius 1 is 1.38 bits per heavy atom. The van der Waals surface area contributed by atoms with Crippen LogP contribution < -0.4 is 10.1 Å². The van der Waals surface area contributed by atoms with E-state index in [1.165, 1.54) is 0 Å². The highest BCUT2D eigenvalue weighted by atomic mass is 16.5. The average molecular weight is 359 g/mol. The molecule has 0 bridgehead atoms. The van der Waals surface area contributed by atoms with Crippen molar-refractivity contribution in [2.24, 2.45) is 0 Å². The first kappa shape index (κ1) is 18.4. The van der Waals surface area contributed by atoms with Crippen molar-refractivity contribution in [3.63, 3.8) is 0 Å². The van der Waals surface area contributed by atoms with Crippen LogP contribution in [-0.2, 0) is 22.6 Å². The largest absolute Gasteiger partial charge is 0.497 e. The van der Waals surface area contributed by atoms with Gasteiger partial charge in [-0.15, -0.1) is 0 Å². The van der Waals surface area contributed by atoms with Gasteiger partial charge in [-0.2, -0.15) is 0 Å². The molecule has 0 saturated carbocycles. The Kier molecular flexibility index (Phi) is 6.25. The molecule has 140 valence electrons. The predicted octanol–water partition coefficient (Wildman–Crippen LogP) is 2.32. The van der Waals surface area contributed by atoms with Gasteiger partial charge in [-0.25, -0.2) is 4.98 Å². The van der Waals surface area contributed by atoms with E-state index in [1.54, 1.807) is 13.4 Å². The number of nitrogens with one attached hydrogen (secondary N) is 1. The minimum atomic E-state index is -0.165. The number of ether oxygens (including phenoxy) is 3. The van der Waals surface area contributed by atoms with E-state index in [4.69, 9.17) is 14.2 Å². The topological polar surface area (TPSA) is 74.6 Å². The number of fused-ring (bicyclic) bond motifs is 1. The minimum Gasteiger partial charge on any atom is -0.497 e. The molecule has 26 heavy (non-hydrogen) atoms. The quantitative estimate of drug-likeness (QED) is 0.732. The molecule has 3 rings (SSSR count). The van der Waals surface area contributed by atoms with Crippen LogP contribution in [0, 0.1) is 0 Å². The van der Waals surface area contributed by atoms with E-state index in [0.717, 1.165) is 23.4 Å². The molecular weight excluding hydrogens is 334 g/mol. The van der Waals surface area contributed by atoms with Gasteiger partial charge < -0.3 is 24.1 Å². The Hall–Kier alpha value is -2.38. The molecule has 1 atom stereocenters. The molecule has 1 aliphatic rings. The maximum Gasteiger partial charge on any atom is 0.271 e. The molecule has 0 unspecified atom stereocenters. The van der Waals surface area contributed by atoms with Crippen LogP contribution in [-0.4, -0.2) is 42.3 Å². The molecule has 7 nitrogen and oxygen atoms in total. The van der Waals surface area contributed by atoms with Crippen molar-refractivity contribution in [2.75, 3.05) is 26.9 Å². The fourth-order valence-corrected chi connectivity index (χ4v) is 2.94. The summed E-state index contributed by atoms with van der Waals surface area (Å²) in [7, 11) is 1.65. The fourth-order valence-electron chi connectivity index (χ4n) is 2.94. The Balaban J connectivity index is 1.60. The number of amides is 1. The number of imidazole rings is 1. The van der Waals surface area contributed by atoms with E-state index in [0.29, 0.717) is 38.6 Å². The van der Waals surface area contributed by atoms with Crippen molar-refractivity contribution in [1.29, 1.82) is 0 Å². The van der Waals surface area contributed by atoms with Gasteiger partial charge in [-0.1, -0.05) is 12.1 Å². The third kappa shape index (κ3) is 4.23. The average Bonchev–Trinajstić information content (AvgIpc) is 3.11. The summed E-state index contributed by atoms with van der Waals surface area (Å²) >= 11 is 0. The molecule has 2 heterocycles. The lowest BCUT2D eigenvalue weighted by molar-refractivity contribution is 0.00255. The summed E-state index contributed by atoms with van der Waals surface area (Å²) in [6.07, 6.45) is 2.43. The molecule has 2 aromatic rings. The summed E-state index contributed by atoms with van der Waals surface area (Å²) in [6.45, 7) is 4.85. The van der Waals surface area contributed by atoms with Gasteiger partial charge in [-0.3, -0.25) is 4.79 Å². The van der Waals surface area contributed by atoms with Crippen LogP contribution in [0.25, 0.3) is 0 Å². The van der Waals surface area contributed by atoms with Gasteiger partial charge in [0, 0.05) is 19.8 Å². The number of benzene rings is 1. The molecule has 0 radical (unpaired) electrons. The molecule has 1 aliphatic heterocycles. The molecule has 1 N–H and O–H groups in total. The number of nitrogens with zero attached hydrogens (tertiary/aromatic N) is 2. The van der Waals surface area contributed by atoms with Gasteiger partial charge in [0.05, 0.1) is 32.3 Å². The SMILES string of the molecule is CCOCCCNC(=O)c1ncn2c1CO[C@@H](c1ccc(OC)cc1)C2. The summed E-state index contributed by atoms with van der Waals surface area (Å²) in [6, 6.07) is 7.83. The molecule has 0 spiro atoms. The molecule has 1 aromatic heterocycles. The zero-order chi connectivity index (χ0) is 18.4. The Bertz CT molecular complexity index is 727. The normalized spacial score (nSPS) is 16.2. The number of methoxy groups -OCH3 is 1. The highest BCUT2D eigenvalue weighted by Crippen LogP contribution is 2.28. The molecule has 0 aliphatic carbocycles. The maximum absolute atomic E-state index is 12.3. The third-order valence-electron chi connectivity index (χ3n) is 4.39. The lowest BCUT2D eigenvalue weighted by atomic mass is 10.1. The highest BCUT2D eigenvalue weighted by Gasteiger charge is 2.26. The summed E-state index contributed by atoms with van der Waals surface area (Å²) in [5.41, 5.74) is 2.33. The van der Waals surface area contributed by atoms with Crippen LogP contribution in [0.1, 0.15) is 41.2 Å². The lowest BCUT2D eigenvalue weighted by Crippen LogP contribution is -2.28. The molecule has 0 fully saturated rings. The predicted molar refractivity (Wildman–Crippen MR) is 96.2 cm³/mol. The van der Waals surface area contributed by atoms with Gasteiger partial charge >= 0.3 is 0 Å². The van der Waals surface area contributed by atoms with E-state index < -0.39 is 0 Å². The van der Waals surface area contributed by atoms with Crippen molar-refractivity contribution in [3.05, 3.63) is 47.5 Å². The monoisotopic (exact) mass is 359 g/mol. The van der Waals surface area contributed by atoms with E-state index in [1.807, 2.05) is 35.8 Å². The number of carbonyl (C=O) groups is 1. The number of hydrogen-bond acceptors (Lipinski definition) is 5. The standard InChI is InChI=1S/C19H25N3O4/c1-3-25-10-4-9-20-19(23)18-16-12-26-17(11-22(16)13-21-18)14-5-7-15(24-2)8-6-14/h5-8,13,17H,3-4,9-12H2,1-2H3,(H,20,23)/t17-/m1/s1. The van der Waals surface area contributed by atoms with E-state index in [-0.39, 0.29) is 12.0 Å². The molecular formula is C19H25N3O4. The molecule has 0 saturated heterocycles. The molecule has 7 heteroatoms. The maximum atomic E-state index is 12.3. The van der Waals surface area contributed by atoms with Crippen molar-refractivity contribution in [1.82, 2.24) is 14.9 Å². The molecule has 1 amide bonds. The number of hydrogen-bond donors (Lipinski definition) is 1. The fraction of sp³-hybridized carbons (Fsp3) is 0.474. The van der Waals surface area contributed by atoms with Crippen LogP contribution in [0.4, 0.5) is 0 Å². The second-order valence-electron chi connectivity index (χ2n) is 6.07. The van der Waals surface area contributed by atoms with Crippen LogP contribution >= 0.6 is 0 Å². The van der Waals surface area contributed by atoms with Crippen LogP contribution in [0.2, 0.25) is 0 Å². The summed E-state index contributed by atoms with van der Waals surface area (Å²) in [5, 5.41) is 2.89. The second-order valence-corrected chi connectivity index (χ2v) is 6.07. The zero-order valence-electron chi connectivity index (χ0n) is 15.2. The summed E-state index contributed by atoms with van der Waals surface area (Å²) < 4.78 is 18.4. The van der Waals surface area contributed by atoms with Gasteiger partial charge in [0.15, 0.2) is 5.69 Å². The number of rotatable bonds is 8. The van der Waals surface area contributed by atoms with Crippen molar-refractivity contribution in [3.8, 4) is 5.75 Å². The smallest absolute Gasteiger partial charge is 0.271 e. The van der Waals surface area contributed by atoms with Crippen LogP contribution in [0.5, 0.6) is 5.75 Å². The van der Waals surface area contributed by atoms with Gasteiger partial charge in [0.2, 0.25) is 0 Å². The summed E-state index contributed by atoms with van der Waals surface area (Å²) in [5.74, 6) is 0.651. The second kappa shape index (κ2) is 8.82. The summed E-state index contributed by atoms with van der Waals surface area (Å²) in [4.78, 5) is 16.6. The number of aromatic nitrogens is 2. The van der Waals surface area contributed by atoms with E-state index in [9.17, 15) is 4.79 Å². The Morgan fingerprint density at radius 3 is 2.92 bits per heavy atom. The minimum absolute atomic E-state index is 0.0651. The van der Waals surface area contributed by atoms with Crippen LogP contribution in [0.3, 0.4) is 0 Å². The van der Waals surface area contributed by atoms with Gasteiger partial charge in [-0.05, 0) is 31.0 Å². The van der Waals surface area contributed by atoms with Gasteiger partial charge in [0.25, 0.3) is 5.91 Å². The highest BCUT2D eigenvalue weighted by molar-refractivity contribution is 5.93. The number of carbonyl (C=O) groups excluding carboxylic acids is 1. The molecule has 1 aromatic carbocycles. The van der Waals surface area contributed by atoms with E-state index in [2.05, 4.69) is 10.3 Å². The van der Waals surface area contributed by atoms with Crippen molar-refractivity contribution in [2.45, 2.75) is 32.6 Å².